The molecule has 1 aromatic carbocycles. The van der Waals surface area contributed by atoms with Crippen molar-refractivity contribution in [3.8, 4) is 11.8 Å². The van der Waals surface area contributed by atoms with Gasteiger partial charge in [-0.05, 0) is 31.4 Å². The average molecular weight is 294 g/mol. The molecule has 2 unspecified atom stereocenters. The molecule has 1 fully saturated rings. The lowest BCUT2D eigenvalue weighted by atomic mass is 10.1. The summed E-state index contributed by atoms with van der Waals surface area (Å²) < 4.78 is 28.9. The topological polar surface area (TPSA) is 79.2 Å². The molecule has 1 aromatic rings. The van der Waals surface area contributed by atoms with Crippen molar-refractivity contribution >= 4 is 15.5 Å². The largest absolute Gasteiger partial charge is 0.495 e. The Balaban J connectivity index is 2.33. The van der Waals surface area contributed by atoms with Crippen LogP contribution in [-0.4, -0.2) is 33.1 Å². The molecule has 5 nitrogen and oxygen atoms in total. The molecule has 1 aliphatic rings. The third kappa shape index (κ3) is 2.88. The number of methoxy groups -OCH3 is 1. The molecule has 2 atom stereocenters. The van der Waals surface area contributed by atoms with Crippen LogP contribution in [0.1, 0.15) is 24.8 Å². The fourth-order valence-electron chi connectivity index (χ4n) is 2.73. The monoisotopic (exact) mass is 294 g/mol. The summed E-state index contributed by atoms with van der Waals surface area (Å²) in [4.78, 5) is 0. The molecule has 0 aliphatic heterocycles. The summed E-state index contributed by atoms with van der Waals surface area (Å²) in [6, 6.07) is 7.12. The lowest BCUT2D eigenvalue weighted by molar-refractivity contribution is 0.415. The van der Waals surface area contributed by atoms with Crippen LogP contribution in [0.25, 0.3) is 0 Å². The number of anilines is 1. The SMILES string of the molecule is COc1cccc(C#N)c1NC1CCCC1S(C)(=O)=O. The Bertz CT molecular complexity index is 634. The molecule has 2 rings (SSSR count). The van der Waals surface area contributed by atoms with Crippen molar-refractivity contribution in [3.05, 3.63) is 23.8 Å². The number of para-hydroxylation sites is 1. The Morgan fingerprint density at radius 2 is 2.15 bits per heavy atom. The first kappa shape index (κ1) is 14.7. The zero-order chi connectivity index (χ0) is 14.8. The Morgan fingerprint density at radius 1 is 1.40 bits per heavy atom. The van der Waals surface area contributed by atoms with Gasteiger partial charge < -0.3 is 10.1 Å². The molecule has 0 spiro atoms. The second-order valence-corrected chi connectivity index (χ2v) is 7.31. The van der Waals surface area contributed by atoms with E-state index in [4.69, 9.17) is 4.74 Å². The van der Waals surface area contributed by atoms with Crippen LogP contribution in [0.4, 0.5) is 5.69 Å². The van der Waals surface area contributed by atoms with Crippen LogP contribution in [-0.2, 0) is 9.84 Å². The van der Waals surface area contributed by atoms with Gasteiger partial charge in [0.25, 0.3) is 0 Å². The van der Waals surface area contributed by atoms with E-state index in [1.165, 1.54) is 13.4 Å². The summed E-state index contributed by atoms with van der Waals surface area (Å²) in [5, 5.41) is 12.0. The second kappa shape index (κ2) is 5.71. The predicted molar refractivity (Wildman–Crippen MR) is 77.6 cm³/mol. The third-order valence-electron chi connectivity index (χ3n) is 3.70. The molecule has 0 radical (unpaired) electrons. The number of nitrogens with one attached hydrogen (secondary N) is 1. The van der Waals surface area contributed by atoms with Crippen LogP contribution >= 0.6 is 0 Å². The Kier molecular flexibility index (Phi) is 4.19. The van der Waals surface area contributed by atoms with Crippen molar-refractivity contribution in [2.24, 2.45) is 0 Å². The van der Waals surface area contributed by atoms with Gasteiger partial charge in [-0.2, -0.15) is 5.26 Å². The summed E-state index contributed by atoms with van der Waals surface area (Å²) in [6.45, 7) is 0. The zero-order valence-electron chi connectivity index (χ0n) is 11.6. The van der Waals surface area contributed by atoms with E-state index in [0.29, 0.717) is 23.4 Å². The van der Waals surface area contributed by atoms with Crippen molar-refractivity contribution in [2.75, 3.05) is 18.7 Å². The summed E-state index contributed by atoms with van der Waals surface area (Å²) in [5.41, 5.74) is 1.04. The van der Waals surface area contributed by atoms with Gasteiger partial charge in [-0.1, -0.05) is 6.07 Å². The number of sulfone groups is 1. The van der Waals surface area contributed by atoms with E-state index < -0.39 is 15.1 Å². The summed E-state index contributed by atoms with van der Waals surface area (Å²) in [7, 11) is -1.57. The number of nitrogens with zero attached hydrogens (tertiary/aromatic N) is 1. The minimum Gasteiger partial charge on any atom is -0.495 e. The first-order valence-corrected chi connectivity index (χ1v) is 8.45. The highest BCUT2D eigenvalue weighted by atomic mass is 32.2. The van der Waals surface area contributed by atoms with Crippen molar-refractivity contribution in [1.29, 1.82) is 5.26 Å². The smallest absolute Gasteiger partial charge is 0.152 e. The molecular formula is C14H18N2O3S. The molecule has 6 heteroatoms. The van der Waals surface area contributed by atoms with Gasteiger partial charge in [0.1, 0.15) is 11.8 Å². The number of rotatable bonds is 4. The number of hydrogen-bond donors (Lipinski definition) is 1. The highest BCUT2D eigenvalue weighted by Gasteiger charge is 2.35. The first-order valence-electron chi connectivity index (χ1n) is 6.50. The fraction of sp³-hybridized carbons (Fsp3) is 0.500. The van der Waals surface area contributed by atoms with Gasteiger partial charge in [0.05, 0.1) is 23.6 Å². The maximum absolute atomic E-state index is 11.8. The molecule has 1 aliphatic carbocycles. The van der Waals surface area contributed by atoms with E-state index in [0.717, 1.165) is 12.8 Å². The van der Waals surface area contributed by atoms with Crippen molar-refractivity contribution in [2.45, 2.75) is 30.6 Å². The van der Waals surface area contributed by atoms with Gasteiger partial charge in [0, 0.05) is 12.3 Å². The Labute approximate surface area is 119 Å². The number of benzene rings is 1. The highest BCUT2D eigenvalue weighted by Crippen LogP contribution is 2.33. The zero-order valence-corrected chi connectivity index (χ0v) is 12.4. The van der Waals surface area contributed by atoms with E-state index in [1.54, 1.807) is 18.2 Å². The third-order valence-corrected chi connectivity index (χ3v) is 5.36. The molecule has 20 heavy (non-hydrogen) atoms. The molecule has 0 saturated heterocycles. The second-order valence-electron chi connectivity index (χ2n) is 5.04. The van der Waals surface area contributed by atoms with Crippen molar-refractivity contribution in [1.82, 2.24) is 0 Å². The average Bonchev–Trinajstić information content (AvgIpc) is 2.87. The van der Waals surface area contributed by atoms with Crippen LogP contribution < -0.4 is 10.1 Å². The van der Waals surface area contributed by atoms with Crippen LogP contribution in [0.5, 0.6) is 5.75 Å². The van der Waals surface area contributed by atoms with Crippen LogP contribution in [0.3, 0.4) is 0 Å². The van der Waals surface area contributed by atoms with Gasteiger partial charge in [-0.25, -0.2) is 8.42 Å². The molecule has 1 N–H and O–H groups in total. The molecular weight excluding hydrogens is 276 g/mol. The Hall–Kier alpha value is -1.74. The lowest BCUT2D eigenvalue weighted by Crippen LogP contribution is -2.34. The minimum absolute atomic E-state index is 0.173. The van der Waals surface area contributed by atoms with Crippen LogP contribution in [0.15, 0.2) is 18.2 Å². The Morgan fingerprint density at radius 3 is 2.75 bits per heavy atom. The molecule has 0 aromatic heterocycles. The van der Waals surface area contributed by atoms with Crippen LogP contribution in [0.2, 0.25) is 0 Å². The predicted octanol–water partition coefficient (Wildman–Crippen LogP) is 1.94. The number of nitriles is 1. The summed E-state index contributed by atoms with van der Waals surface area (Å²) >= 11 is 0. The molecule has 108 valence electrons. The quantitative estimate of drug-likeness (QED) is 0.918. The van der Waals surface area contributed by atoms with Gasteiger partial charge in [0.2, 0.25) is 0 Å². The molecule has 0 heterocycles. The number of ether oxygens (including phenoxy) is 1. The molecule has 0 bridgehead atoms. The van der Waals surface area contributed by atoms with E-state index in [9.17, 15) is 13.7 Å². The van der Waals surface area contributed by atoms with Gasteiger partial charge in [0.15, 0.2) is 9.84 Å². The minimum atomic E-state index is -3.10. The van der Waals surface area contributed by atoms with Gasteiger partial charge in [-0.3, -0.25) is 0 Å². The van der Waals surface area contributed by atoms with E-state index in [1.807, 2.05) is 0 Å². The lowest BCUT2D eigenvalue weighted by Gasteiger charge is -2.22. The van der Waals surface area contributed by atoms with Crippen molar-refractivity contribution in [3.63, 3.8) is 0 Å². The normalized spacial score (nSPS) is 22.2. The number of hydrogen-bond acceptors (Lipinski definition) is 5. The van der Waals surface area contributed by atoms with E-state index >= 15 is 0 Å². The first-order chi connectivity index (χ1) is 9.47. The van der Waals surface area contributed by atoms with Gasteiger partial charge >= 0.3 is 0 Å². The standard InChI is InChI=1S/C14H18N2O3S/c1-19-12-7-3-5-10(9-15)14(12)16-11-6-4-8-13(11)20(2,17)18/h3,5,7,11,13,16H,4,6,8H2,1-2H3. The van der Waals surface area contributed by atoms with Crippen LogP contribution in [0, 0.1) is 11.3 Å². The van der Waals surface area contributed by atoms with Crippen molar-refractivity contribution < 1.29 is 13.2 Å². The molecule has 0 amide bonds. The highest BCUT2D eigenvalue weighted by molar-refractivity contribution is 7.91. The summed E-state index contributed by atoms with van der Waals surface area (Å²) in [6.07, 6.45) is 3.58. The maximum Gasteiger partial charge on any atom is 0.152 e. The maximum atomic E-state index is 11.8. The van der Waals surface area contributed by atoms with E-state index in [-0.39, 0.29) is 6.04 Å². The summed E-state index contributed by atoms with van der Waals surface area (Å²) in [5.74, 6) is 0.559. The van der Waals surface area contributed by atoms with E-state index in [2.05, 4.69) is 11.4 Å². The fourth-order valence-corrected chi connectivity index (χ4v) is 4.13. The molecule has 1 saturated carbocycles. The van der Waals surface area contributed by atoms with Gasteiger partial charge in [-0.15, -0.1) is 0 Å².